The molecule has 126 valence electrons. The number of morpholine rings is 1. The van der Waals surface area contributed by atoms with Crippen LogP contribution in [-0.4, -0.2) is 36.0 Å². The van der Waals surface area contributed by atoms with Gasteiger partial charge < -0.3 is 15.4 Å². The van der Waals surface area contributed by atoms with Gasteiger partial charge in [-0.1, -0.05) is 23.8 Å². The molecular weight excluding hydrogens is 288 g/mol. The van der Waals surface area contributed by atoms with E-state index in [1.807, 2.05) is 4.90 Å². The zero-order valence-corrected chi connectivity index (χ0v) is 14.4. The molecule has 4 atom stereocenters. The Morgan fingerprint density at radius 1 is 1.30 bits per heavy atom. The first-order valence-electron chi connectivity index (χ1n) is 8.70. The Kier molecular flexibility index (Phi) is 4.74. The van der Waals surface area contributed by atoms with Crippen LogP contribution in [0.2, 0.25) is 0 Å². The second kappa shape index (κ2) is 6.62. The van der Waals surface area contributed by atoms with Crippen molar-refractivity contribution in [3.8, 4) is 0 Å². The lowest BCUT2D eigenvalue weighted by molar-refractivity contribution is -0.148. The Labute approximate surface area is 139 Å². The summed E-state index contributed by atoms with van der Waals surface area (Å²) in [6.07, 6.45) is 2.70. The SMILES string of the molecule is Cc1ccc(C)c(C2CN(C(=O)C3CCC(N)C3)C(C)CO2)c1. The average molecular weight is 316 g/mol. The van der Waals surface area contributed by atoms with Gasteiger partial charge >= 0.3 is 0 Å². The van der Waals surface area contributed by atoms with Gasteiger partial charge in [0.1, 0.15) is 6.10 Å². The Morgan fingerprint density at radius 3 is 2.78 bits per heavy atom. The average Bonchev–Trinajstić information content (AvgIpc) is 2.96. The summed E-state index contributed by atoms with van der Waals surface area (Å²) >= 11 is 0. The number of amides is 1. The second-order valence-electron chi connectivity index (χ2n) is 7.29. The molecule has 0 bridgehead atoms. The normalized spacial score (nSPS) is 31.4. The van der Waals surface area contributed by atoms with Gasteiger partial charge in [0.05, 0.1) is 19.2 Å². The van der Waals surface area contributed by atoms with Crippen molar-refractivity contribution in [2.45, 2.75) is 58.2 Å². The largest absolute Gasteiger partial charge is 0.370 e. The minimum Gasteiger partial charge on any atom is -0.370 e. The Hall–Kier alpha value is -1.39. The number of hydrogen-bond donors (Lipinski definition) is 1. The van der Waals surface area contributed by atoms with Gasteiger partial charge in [-0.05, 0) is 51.2 Å². The van der Waals surface area contributed by atoms with Crippen LogP contribution >= 0.6 is 0 Å². The van der Waals surface area contributed by atoms with Crippen molar-refractivity contribution in [3.05, 3.63) is 34.9 Å². The Bertz CT molecular complexity index is 587. The molecule has 0 spiro atoms. The van der Waals surface area contributed by atoms with Crippen LogP contribution < -0.4 is 5.73 Å². The van der Waals surface area contributed by atoms with Gasteiger partial charge in [-0.15, -0.1) is 0 Å². The van der Waals surface area contributed by atoms with Crippen LogP contribution in [0.3, 0.4) is 0 Å². The van der Waals surface area contributed by atoms with Crippen molar-refractivity contribution < 1.29 is 9.53 Å². The molecule has 4 unspecified atom stereocenters. The minimum absolute atomic E-state index is 0.0230. The molecule has 1 aliphatic heterocycles. The van der Waals surface area contributed by atoms with Crippen LogP contribution in [0.15, 0.2) is 18.2 Å². The fourth-order valence-electron chi connectivity index (χ4n) is 3.83. The van der Waals surface area contributed by atoms with Gasteiger partial charge in [-0.3, -0.25) is 4.79 Å². The molecule has 3 rings (SSSR count). The fourth-order valence-corrected chi connectivity index (χ4v) is 3.83. The summed E-state index contributed by atoms with van der Waals surface area (Å²) < 4.78 is 6.06. The van der Waals surface area contributed by atoms with Crippen molar-refractivity contribution in [1.29, 1.82) is 0 Å². The molecule has 2 aliphatic rings. The van der Waals surface area contributed by atoms with E-state index < -0.39 is 0 Å². The first-order valence-corrected chi connectivity index (χ1v) is 8.70. The molecule has 0 radical (unpaired) electrons. The molecule has 1 saturated heterocycles. The maximum absolute atomic E-state index is 12.9. The smallest absolute Gasteiger partial charge is 0.226 e. The lowest BCUT2D eigenvalue weighted by Gasteiger charge is -2.40. The highest BCUT2D eigenvalue weighted by molar-refractivity contribution is 5.79. The van der Waals surface area contributed by atoms with Gasteiger partial charge in [0.25, 0.3) is 0 Å². The highest BCUT2D eigenvalue weighted by Gasteiger charge is 2.37. The molecular formula is C19H28N2O2. The number of carbonyl (C=O) groups is 1. The highest BCUT2D eigenvalue weighted by atomic mass is 16.5. The van der Waals surface area contributed by atoms with E-state index >= 15 is 0 Å². The summed E-state index contributed by atoms with van der Waals surface area (Å²) in [6, 6.07) is 6.77. The third kappa shape index (κ3) is 3.43. The van der Waals surface area contributed by atoms with Crippen LogP contribution in [-0.2, 0) is 9.53 Å². The van der Waals surface area contributed by atoms with Crippen molar-refractivity contribution in [1.82, 2.24) is 4.90 Å². The quantitative estimate of drug-likeness (QED) is 0.913. The molecule has 1 heterocycles. The second-order valence-corrected chi connectivity index (χ2v) is 7.29. The van der Waals surface area contributed by atoms with E-state index in [-0.39, 0.29) is 30.0 Å². The highest BCUT2D eigenvalue weighted by Crippen LogP contribution is 2.32. The summed E-state index contributed by atoms with van der Waals surface area (Å²) in [4.78, 5) is 14.9. The molecule has 2 N–H and O–H groups in total. The van der Waals surface area contributed by atoms with Crippen LogP contribution in [0.5, 0.6) is 0 Å². The first-order chi connectivity index (χ1) is 11.0. The third-order valence-electron chi connectivity index (χ3n) is 5.32. The lowest BCUT2D eigenvalue weighted by Crippen LogP contribution is -2.50. The lowest BCUT2D eigenvalue weighted by atomic mass is 9.97. The number of benzene rings is 1. The summed E-state index contributed by atoms with van der Waals surface area (Å²) in [6.45, 7) is 7.53. The zero-order chi connectivity index (χ0) is 16.6. The van der Waals surface area contributed by atoms with Crippen molar-refractivity contribution >= 4 is 5.91 Å². The Morgan fingerprint density at radius 2 is 2.09 bits per heavy atom. The molecule has 1 saturated carbocycles. The third-order valence-corrected chi connectivity index (χ3v) is 5.32. The van der Waals surface area contributed by atoms with Gasteiger partial charge in [0.2, 0.25) is 5.91 Å². The predicted molar refractivity (Wildman–Crippen MR) is 91.1 cm³/mol. The number of nitrogens with zero attached hydrogens (tertiary/aromatic N) is 1. The van der Waals surface area contributed by atoms with E-state index in [2.05, 4.69) is 39.0 Å². The molecule has 2 fully saturated rings. The molecule has 4 heteroatoms. The number of ether oxygens (including phenoxy) is 1. The molecule has 0 aromatic heterocycles. The van der Waals surface area contributed by atoms with Gasteiger partial charge in [-0.2, -0.15) is 0 Å². The summed E-state index contributed by atoms with van der Waals surface area (Å²) in [5, 5.41) is 0. The number of hydrogen-bond acceptors (Lipinski definition) is 3. The number of rotatable bonds is 2. The van der Waals surface area contributed by atoms with Gasteiger partial charge in [0, 0.05) is 12.0 Å². The maximum atomic E-state index is 12.9. The number of nitrogens with two attached hydrogens (primary N) is 1. The predicted octanol–water partition coefficient (Wildman–Crippen LogP) is 2.72. The van der Waals surface area contributed by atoms with Crippen molar-refractivity contribution in [2.75, 3.05) is 13.2 Å². The molecule has 4 nitrogen and oxygen atoms in total. The molecule has 1 aromatic carbocycles. The maximum Gasteiger partial charge on any atom is 0.226 e. The standard InChI is InChI=1S/C19H28N2O2/c1-12-4-5-13(2)17(8-12)18-10-21(14(3)11-23-18)19(22)15-6-7-16(20)9-15/h4-5,8,14-16,18H,6-7,9-11,20H2,1-3H3. The van der Waals surface area contributed by atoms with Crippen molar-refractivity contribution in [3.63, 3.8) is 0 Å². The summed E-state index contributed by atoms with van der Waals surface area (Å²) in [5.41, 5.74) is 9.65. The van der Waals surface area contributed by atoms with E-state index in [0.717, 1.165) is 19.3 Å². The topological polar surface area (TPSA) is 55.6 Å². The van der Waals surface area contributed by atoms with E-state index in [4.69, 9.17) is 10.5 Å². The first kappa shape index (κ1) is 16.5. The van der Waals surface area contributed by atoms with Crippen LogP contribution in [0.1, 0.15) is 49.0 Å². The van der Waals surface area contributed by atoms with E-state index in [1.54, 1.807) is 0 Å². The fraction of sp³-hybridized carbons (Fsp3) is 0.632. The Balaban J connectivity index is 1.76. The van der Waals surface area contributed by atoms with Crippen LogP contribution in [0.25, 0.3) is 0 Å². The molecule has 1 aliphatic carbocycles. The van der Waals surface area contributed by atoms with Gasteiger partial charge in [0.15, 0.2) is 0 Å². The number of carbonyl (C=O) groups excluding carboxylic acids is 1. The monoisotopic (exact) mass is 316 g/mol. The van der Waals surface area contributed by atoms with Crippen LogP contribution in [0.4, 0.5) is 0 Å². The summed E-state index contributed by atoms with van der Waals surface area (Å²) in [7, 11) is 0. The van der Waals surface area contributed by atoms with E-state index in [1.165, 1.54) is 16.7 Å². The van der Waals surface area contributed by atoms with Crippen molar-refractivity contribution in [2.24, 2.45) is 11.7 Å². The zero-order valence-electron chi connectivity index (χ0n) is 14.4. The van der Waals surface area contributed by atoms with E-state index in [0.29, 0.717) is 13.2 Å². The molecule has 23 heavy (non-hydrogen) atoms. The van der Waals surface area contributed by atoms with E-state index in [9.17, 15) is 4.79 Å². The minimum atomic E-state index is -0.0230. The van der Waals surface area contributed by atoms with Gasteiger partial charge in [-0.25, -0.2) is 0 Å². The summed E-state index contributed by atoms with van der Waals surface area (Å²) in [5.74, 6) is 0.369. The number of aryl methyl sites for hydroxylation is 2. The molecule has 1 aromatic rings. The molecule has 1 amide bonds. The van der Waals surface area contributed by atoms with Crippen LogP contribution in [0, 0.1) is 19.8 Å².